The number of rotatable bonds is 12. The van der Waals surface area contributed by atoms with Gasteiger partial charge in [0, 0.05) is 12.8 Å². The van der Waals surface area contributed by atoms with E-state index in [9.17, 15) is 49.2 Å². The summed E-state index contributed by atoms with van der Waals surface area (Å²) in [5, 5.41) is 44.5. The third-order valence-electron chi connectivity index (χ3n) is 5.47. The molecule has 1 saturated carbocycles. The third-order valence-corrected chi connectivity index (χ3v) is 5.47. The van der Waals surface area contributed by atoms with Crippen molar-refractivity contribution >= 4 is 35.1 Å². The first-order valence-corrected chi connectivity index (χ1v) is 10.3. The van der Waals surface area contributed by atoms with Gasteiger partial charge in [-0.25, -0.2) is 0 Å². The number of carboxylic acids is 2. The molecular weight excluding hydrogens is 440 g/mol. The van der Waals surface area contributed by atoms with E-state index >= 15 is 0 Å². The Morgan fingerprint density at radius 2 is 1.03 bits per heavy atom. The van der Waals surface area contributed by atoms with E-state index in [1.54, 1.807) is 42.3 Å². The molecule has 12 heteroatoms. The van der Waals surface area contributed by atoms with Gasteiger partial charge in [-0.1, -0.05) is 0 Å². The van der Waals surface area contributed by atoms with E-state index in [2.05, 4.69) is 0 Å². The summed E-state index contributed by atoms with van der Waals surface area (Å²) in [4.78, 5) is 76.0. The maximum atomic E-state index is 13.4. The van der Waals surface area contributed by atoms with Gasteiger partial charge in [0.1, 0.15) is 25.3 Å². The highest BCUT2D eigenvalue weighted by Crippen LogP contribution is 2.39. The molecule has 12 nitrogen and oxygen atoms in total. The zero-order valence-electron chi connectivity index (χ0n) is 19.7. The summed E-state index contributed by atoms with van der Waals surface area (Å²) in [6.45, 7) is -0.657. The number of likely N-dealkylation sites (N-methyl/N-ethyl adjacent to an activating group) is 2. The maximum absolute atomic E-state index is 13.4. The van der Waals surface area contributed by atoms with Crippen molar-refractivity contribution in [2.24, 2.45) is 17.3 Å². The van der Waals surface area contributed by atoms with E-state index < -0.39 is 77.4 Å². The lowest BCUT2D eigenvalue weighted by Gasteiger charge is -2.37. The summed E-state index contributed by atoms with van der Waals surface area (Å²) in [6.07, 6.45) is -5.11. The van der Waals surface area contributed by atoms with Crippen molar-refractivity contribution < 1.29 is 58.2 Å². The molecule has 2 N–H and O–H groups in total. The topological polar surface area (TPSA) is 189 Å². The fourth-order valence-electron chi connectivity index (χ4n) is 4.11. The highest BCUT2D eigenvalue weighted by Gasteiger charge is 2.65. The van der Waals surface area contributed by atoms with Crippen LogP contribution in [0.3, 0.4) is 0 Å². The number of hydrogen-bond acceptors (Lipinski definition) is 10. The molecule has 0 heterocycles. The first kappa shape index (κ1) is 28.5. The van der Waals surface area contributed by atoms with Crippen molar-refractivity contribution in [2.75, 3.05) is 55.4 Å². The maximum Gasteiger partial charge on any atom is 0.204 e. The van der Waals surface area contributed by atoms with Gasteiger partial charge in [-0.15, -0.1) is 0 Å². The number of aliphatic carboxylic acids is 2. The molecule has 186 valence electrons. The van der Waals surface area contributed by atoms with E-state index in [4.69, 9.17) is 0 Å². The molecule has 33 heavy (non-hydrogen) atoms. The van der Waals surface area contributed by atoms with Gasteiger partial charge in [-0.3, -0.25) is 19.2 Å². The van der Waals surface area contributed by atoms with Crippen molar-refractivity contribution in [2.45, 2.75) is 25.0 Å². The van der Waals surface area contributed by atoms with Gasteiger partial charge in [0.25, 0.3) is 0 Å². The van der Waals surface area contributed by atoms with Crippen LogP contribution in [0.1, 0.15) is 12.8 Å². The van der Waals surface area contributed by atoms with Crippen molar-refractivity contribution in [1.29, 1.82) is 0 Å². The van der Waals surface area contributed by atoms with E-state index in [1.165, 1.54) is 0 Å². The largest absolute Gasteiger partial charge is 0.549 e. The predicted octanol–water partition coefficient (Wildman–Crippen LogP) is -5.09. The van der Waals surface area contributed by atoms with Crippen LogP contribution in [0.15, 0.2) is 0 Å². The molecule has 0 saturated heterocycles. The monoisotopic (exact) mass is 472 g/mol. The number of aliphatic hydroxyl groups is 2. The molecule has 0 aromatic heterocycles. The highest BCUT2D eigenvalue weighted by molar-refractivity contribution is 6.44. The van der Waals surface area contributed by atoms with E-state index in [-0.39, 0.29) is 22.1 Å². The fourth-order valence-corrected chi connectivity index (χ4v) is 4.11. The van der Waals surface area contributed by atoms with Crippen LogP contribution in [-0.4, -0.2) is 122 Å². The zero-order chi connectivity index (χ0) is 26.1. The number of Topliss-reactive ketones (excluding diaryl/α,β-unsaturated/α-hetero) is 4. The minimum atomic E-state index is -3.28. The van der Waals surface area contributed by atoms with Crippen LogP contribution in [0.5, 0.6) is 0 Å². The normalized spacial score (nSPS) is 20.1. The lowest BCUT2D eigenvalue weighted by molar-refractivity contribution is -0.873. The number of carbonyl (C=O) groups is 6. The molecule has 0 aliphatic heterocycles. The van der Waals surface area contributed by atoms with Gasteiger partial charge in [0.05, 0.1) is 66.1 Å². The van der Waals surface area contributed by atoms with E-state index in [1.807, 2.05) is 0 Å². The zero-order valence-corrected chi connectivity index (χ0v) is 19.7. The second-order valence-corrected chi connectivity index (χ2v) is 10.5. The average Bonchev–Trinajstić information content (AvgIpc) is 2.86. The van der Waals surface area contributed by atoms with Crippen molar-refractivity contribution in [3.05, 3.63) is 0 Å². The quantitative estimate of drug-likeness (QED) is 0.205. The first-order chi connectivity index (χ1) is 14.8. The second-order valence-electron chi connectivity index (χ2n) is 10.5. The van der Waals surface area contributed by atoms with Crippen LogP contribution < -0.4 is 10.2 Å². The second kappa shape index (κ2) is 9.75. The molecule has 1 rings (SSSR count). The molecular formula is C21H32N2O10. The summed E-state index contributed by atoms with van der Waals surface area (Å²) in [6, 6.07) is 0. The van der Waals surface area contributed by atoms with Crippen LogP contribution >= 0.6 is 0 Å². The van der Waals surface area contributed by atoms with Gasteiger partial charge in [-0.2, -0.15) is 0 Å². The lowest BCUT2D eigenvalue weighted by atomic mass is 9.66. The van der Waals surface area contributed by atoms with E-state index in [0.717, 1.165) is 0 Å². The van der Waals surface area contributed by atoms with Gasteiger partial charge in [0.2, 0.25) is 5.41 Å². The lowest BCUT2D eigenvalue weighted by Crippen LogP contribution is -2.63. The predicted molar refractivity (Wildman–Crippen MR) is 107 cm³/mol. The SMILES string of the molecule is C[N+](C)(C)CC(O)C(C(=O)[O-])C(=O)C1(C(=O)C(C(=O)[O-])C(O)C[N+](C)(C)C)C(=O)CCC1=O. The number of quaternary nitrogens is 2. The van der Waals surface area contributed by atoms with Crippen molar-refractivity contribution in [3.8, 4) is 0 Å². The van der Waals surface area contributed by atoms with Crippen molar-refractivity contribution in [1.82, 2.24) is 0 Å². The molecule has 0 aromatic rings. The Kier molecular flexibility index (Phi) is 8.42. The summed E-state index contributed by atoms with van der Waals surface area (Å²) < 4.78 is -0.0457. The Morgan fingerprint density at radius 3 is 1.24 bits per heavy atom. The number of hydrogen-bond donors (Lipinski definition) is 2. The minimum Gasteiger partial charge on any atom is -0.549 e. The number of aliphatic hydroxyl groups excluding tert-OH is 2. The van der Waals surface area contributed by atoms with Crippen LogP contribution in [0.4, 0.5) is 0 Å². The van der Waals surface area contributed by atoms with Crippen LogP contribution in [0.25, 0.3) is 0 Å². The van der Waals surface area contributed by atoms with Crippen LogP contribution in [0, 0.1) is 17.3 Å². The van der Waals surface area contributed by atoms with E-state index in [0.29, 0.717) is 0 Å². The Labute approximate surface area is 191 Å². The Balaban J connectivity index is 3.66. The third kappa shape index (κ3) is 6.08. The molecule has 1 fully saturated rings. The molecule has 0 aromatic carbocycles. The molecule has 1 aliphatic carbocycles. The fraction of sp³-hybridized carbons (Fsp3) is 0.714. The Hall–Kier alpha value is -2.54. The summed E-state index contributed by atoms with van der Waals surface area (Å²) in [5.41, 5.74) is -3.28. The number of nitrogens with zero attached hydrogens (tertiary/aromatic N) is 2. The van der Waals surface area contributed by atoms with Crippen molar-refractivity contribution in [3.63, 3.8) is 0 Å². The first-order valence-electron chi connectivity index (χ1n) is 10.3. The average molecular weight is 472 g/mol. The Bertz CT molecular complexity index is 782. The minimum absolute atomic E-state index is 0.0229. The molecule has 0 spiro atoms. The summed E-state index contributed by atoms with van der Waals surface area (Å²) >= 11 is 0. The van der Waals surface area contributed by atoms with Gasteiger partial charge in [0.15, 0.2) is 23.1 Å². The van der Waals surface area contributed by atoms with Crippen LogP contribution in [-0.2, 0) is 28.8 Å². The molecule has 0 radical (unpaired) electrons. The molecule has 0 bridgehead atoms. The number of ketones is 4. The van der Waals surface area contributed by atoms with Crippen LogP contribution in [0.2, 0.25) is 0 Å². The highest BCUT2D eigenvalue weighted by atomic mass is 16.4. The number of carboxylic acid groups (broad SMARTS) is 2. The molecule has 1 aliphatic rings. The number of carbonyl (C=O) groups excluding carboxylic acids is 6. The van der Waals surface area contributed by atoms with Gasteiger partial charge < -0.3 is 39.0 Å². The molecule has 4 unspecified atom stereocenters. The molecule has 4 atom stereocenters. The standard InChI is InChI=1S/C21H32N2O10/c1-22(2,3)9-11(24)15(19(30)31)17(28)21(13(26)7-8-14(21)27)18(29)16(20(32)33)12(25)10-23(4,5)6/h11-12,15-16,24-25H,7-10H2,1-6H3. The van der Waals surface area contributed by atoms with Gasteiger partial charge >= 0.3 is 0 Å². The Morgan fingerprint density at radius 1 is 0.758 bits per heavy atom. The smallest absolute Gasteiger partial charge is 0.204 e. The summed E-state index contributed by atoms with van der Waals surface area (Å²) in [7, 11) is 9.42. The van der Waals surface area contributed by atoms with Gasteiger partial charge in [-0.05, 0) is 0 Å². The summed E-state index contributed by atoms with van der Waals surface area (Å²) in [5.74, 6) is -15.3. The molecule has 0 amide bonds.